The highest BCUT2D eigenvalue weighted by Gasteiger charge is 2.15. The lowest BCUT2D eigenvalue weighted by atomic mass is 9.91. The second kappa shape index (κ2) is 9.14. The van der Waals surface area contributed by atoms with Gasteiger partial charge in [0.15, 0.2) is 0 Å². The molecule has 1 aromatic rings. The van der Waals surface area contributed by atoms with E-state index in [2.05, 4.69) is 57.3 Å². The molecule has 19 heavy (non-hydrogen) atoms. The van der Waals surface area contributed by atoms with Crippen LogP contribution in [0.4, 0.5) is 0 Å². The lowest BCUT2D eigenvalue weighted by molar-refractivity contribution is 0.337. The molecule has 108 valence electrons. The summed E-state index contributed by atoms with van der Waals surface area (Å²) < 4.78 is 0. The largest absolute Gasteiger partial charge is 0.314 e. The van der Waals surface area contributed by atoms with Gasteiger partial charge in [-0.2, -0.15) is 0 Å². The second-order valence-electron chi connectivity index (χ2n) is 5.85. The molecule has 0 aliphatic carbocycles. The Morgan fingerprint density at radius 3 is 2.26 bits per heavy atom. The molecule has 0 aliphatic rings. The van der Waals surface area contributed by atoms with Crippen molar-refractivity contribution < 1.29 is 0 Å². The van der Waals surface area contributed by atoms with Crippen LogP contribution in [0.2, 0.25) is 0 Å². The van der Waals surface area contributed by atoms with Gasteiger partial charge in [-0.25, -0.2) is 0 Å². The van der Waals surface area contributed by atoms with Crippen molar-refractivity contribution in [2.24, 2.45) is 5.92 Å². The van der Waals surface area contributed by atoms with E-state index in [1.807, 2.05) is 0 Å². The van der Waals surface area contributed by atoms with Crippen LogP contribution in [0.5, 0.6) is 0 Å². The van der Waals surface area contributed by atoms with Crippen molar-refractivity contribution in [2.75, 3.05) is 6.54 Å². The Morgan fingerprint density at radius 2 is 1.68 bits per heavy atom. The predicted octanol–water partition coefficient (Wildman–Crippen LogP) is 4.73. The van der Waals surface area contributed by atoms with Crippen molar-refractivity contribution in [3.8, 4) is 0 Å². The standard InChI is InChI=1S/C18H31N/c1-5-7-16(4)18(19-14-6-2)13-12-17-10-8-15(3)9-11-17/h8-11,16,18-19H,5-7,12-14H2,1-4H3. The van der Waals surface area contributed by atoms with Gasteiger partial charge in [0, 0.05) is 6.04 Å². The third-order valence-corrected chi connectivity index (χ3v) is 3.95. The Morgan fingerprint density at radius 1 is 1.00 bits per heavy atom. The monoisotopic (exact) mass is 261 g/mol. The van der Waals surface area contributed by atoms with Crippen LogP contribution in [0.25, 0.3) is 0 Å². The van der Waals surface area contributed by atoms with E-state index in [4.69, 9.17) is 0 Å². The summed E-state index contributed by atoms with van der Waals surface area (Å²) in [6.07, 6.45) is 6.28. The van der Waals surface area contributed by atoms with E-state index in [0.29, 0.717) is 6.04 Å². The maximum absolute atomic E-state index is 3.74. The molecule has 0 aliphatic heterocycles. The fraction of sp³-hybridized carbons (Fsp3) is 0.667. The zero-order valence-electron chi connectivity index (χ0n) is 13.2. The topological polar surface area (TPSA) is 12.0 Å². The lowest BCUT2D eigenvalue weighted by Crippen LogP contribution is -2.36. The summed E-state index contributed by atoms with van der Waals surface area (Å²) in [4.78, 5) is 0. The molecule has 1 rings (SSSR count). The number of hydrogen-bond donors (Lipinski definition) is 1. The minimum atomic E-state index is 0.668. The van der Waals surface area contributed by atoms with Crippen molar-refractivity contribution in [2.45, 2.75) is 65.8 Å². The first-order valence-electron chi connectivity index (χ1n) is 7.96. The van der Waals surface area contributed by atoms with Crippen LogP contribution in [-0.2, 0) is 6.42 Å². The molecule has 1 aromatic carbocycles. The first-order valence-corrected chi connectivity index (χ1v) is 7.96. The third-order valence-electron chi connectivity index (χ3n) is 3.95. The van der Waals surface area contributed by atoms with Crippen molar-refractivity contribution in [3.05, 3.63) is 35.4 Å². The van der Waals surface area contributed by atoms with Gasteiger partial charge in [-0.15, -0.1) is 0 Å². The molecule has 0 bridgehead atoms. The predicted molar refractivity (Wildman–Crippen MR) is 85.7 cm³/mol. The average Bonchev–Trinajstić information content (AvgIpc) is 2.41. The summed E-state index contributed by atoms with van der Waals surface area (Å²) in [7, 11) is 0. The highest BCUT2D eigenvalue weighted by Crippen LogP contribution is 2.16. The number of hydrogen-bond acceptors (Lipinski definition) is 1. The van der Waals surface area contributed by atoms with Gasteiger partial charge in [-0.1, -0.05) is 57.0 Å². The highest BCUT2D eigenvalue weighted by atomic mass is 14.9. The van der Waals surface area contributed by atoms with Crippen LogP contribution in [-0.4, -0.2) is 12.6 Å². The van der Waals surface area contributed by atoms with Gasteiger partial charge in [0.2, 0.25) is 0 Å². The zero-order chi connectivity index (χ0) is 14.1. The molecule has 0 aromatic heterocycles. The molecule has 0 heterocycles. The minimum absolute atomic E-state index is 0.668. The van der Waals surface area contributed by atoms with Gasteiger partial charge < -0.3 is 5.32 Å². The summed E-state index contributed by atoms with van der Waals surface area (Å²) in [5, 5.41) is 3.74. The Kier molecular flexibility index (Phi) is 7.81. The van der Waals surface area contributed by atoms with Gasteiger partial charge in [-0.3, -0.25) is 0 Å². The maximum Gasteiger partial charge on any atom is 0.00958 e. The first-order chi connectivity index (χ1) is 9.17. The molecule has 1 nitrogen and oxygen atoms in total. The lowest BCUT2D eigenvalue weighted by Gasteiger charge is -2.25. The summed E-state index contributed by atoms with van der Waals surface area (Å²) in [6, 6.07) is 9.66. The maximum atomic E-state index is 3.74. The molecule has 1 heteroatoms. The van der Waals surface area contributed by atoms with E-state index >= 15 is 0 Å². The van der Waals surface area contributed by atoms with Gasteiger partial charge in [0.05, 0.1) is 0 Å². The summed E-state index contributed by atoms with van der Waals surface area (Å²) in [5.41, 5.74) is 2.82. The summed E-state index contributed by atoms with van der Waals surface area (Å²) >= 11 is 0. The fourth-order valence-corrected chi connectivity index (χ4v) is 2.65. The van der Waals surface area contributed by atoms with Gasteiger partial charge in [-0.05, 0) is 50.6 Å². The van der Waals surface area contributed by atoms with Gasteiger partial charge in [0.25, 0.3) is 0 Å². The number of nitrogens with one attached hydrogen (secondary N) is 1. The molecule has 0 amide bonds. The molecular formula is C18H31N. The van der Waals surface area contributed by atoms with Crippen LogP contribution in [0.3, 0.4) is 0 Å². The smallest absolute Gasteiger partial charge is 0.00958 e. The Hall–Kier alpha value is -0.820. The van der Waals surface area contributed by atoms with Gasteiger partial charge >= 0.3 is 0 Å². The molecule has 1 N–H and O–H groups in total. The third kappa shape index (κ3) is 6.24. The quantitative estimate of drug-likeness (QED) is 0.677. The molecule has 2 atom stereocenters. The fourth-order valence-electron chi connectivity index (χ4n) is 2.65. The number of benzene rings is 1. The van der Waals surface area contributed by atoms with Crippen LogP contribution in [0.15, 0.2) is 24.3 Å². The SMILES string of the molecule is CCCNC(CCc1ccc(C)cc1)C(C)CCC. The van der Waals surface area contributed by atoms with E-state index in [-0.39, 0.29) is 0 Å². The number of aryl methyl sites for hydroxylation is 2. The van der Waals surface area contributed by atoms with Crippen molar-refractivity contribution in [1.29, 1.82) is 0 Å². The molecule has 0 radical (unpaired) electrons. The Labute approximate surface area is 119 Å². The van der Waals surface area contributed by atoms with Crippen molar-refractivity contribution in [3.63, 3.8) is 0 Å². The number of rotatable bonds is 9. The molecular weight excluding hydrogens is 230 g/mol. The molecule has 0 saturated heterocycles. The highest BCUT2D eigenvalue weighted by molar-refractivity contribution is 5.21. The molecule has 0 saturated carbocycles. The van der Waals surface area contributed by atoms with E-state index in [0.717, 1.165) is 12.5 Å². The molecule has 2 unspecified atom stereocenters. The van der Waals surface area contributed by atoms with E-state index in [1.165, 1.54) is 43.2 Å². The van der Waals surface area contributed by atoms with Crippen LogP contribution >= 0.6 is 0 Å². The van der Waals surface area contributed by atoms with Crippen LogP contribution < -0.4 is 5.32 Å². The minimum Gasteiger partial charge on any atom is -0.314 e. The average molecular weight is 261 g/mol. The van der Waals surface area contributed by atoms with Crippen molar-refractivity contribution in [1.82, 2.24) is 5.32 Å². The van der Waals surface area contributed by atoms with E-state index in [1.54, 1.807) is 0 Å². The summed E-state index contributed by atoms with van der Waals surface area (Å²) in [6.45, 7) is 10.2. The Balaban J connectivity index is 2.49. The summed E-state index contributed by atoms with van der Waals surface area (Å²) in [5.74, 6) is 0.780. The van der Waals surface area contributed by atoms with E-state index in [9.17, 15) is 0 Å². The van der Waals surface area contributed by atoms with Crippen LogP contribution in [0, 0.1) is 12.8 Å². The zero-order valence-corrected chi connectivity index (χ0v) is 13.2. The van der Waals surface area contributed by atoms with Crippen molar-refractivity contribution >= 4 is 0 Å². The molecule has 0 fully saturated rings. The van der Waals surface area contributed by atoms with Gasteiger partial charge in [0.1, 0.15) is 0 Å². The van der Waals surface area contributed by atoms with Crippen LogP contribution in [0.1, 0.15) is 57.6 Å². The second-order valence-corrected chi connectivity index (χ2v) is 5.85. The Bertz CT molecular complexity index is 328. The molecule has 0 spiro atoms. The van der Waals surface area contributed by atoms with E-state index < -0.39 is 0 Å². The first kappa shape index (κ1) is 16.2. The normalized spacial score (nSPS) is 14.3.